The van der Waals surface area contributed by atoms with Crippen molar-refractivity contribution in [3.8, 4) is 0 Å². The molecular weight excluding hydrogens is 495 g/mol. The summed E-state index contributed by atoms with van der Waals surface area (Å²) in [6.07, 6.45) is 3.24. The van der Waals surface area contributed by atoms with Crippen molar-refractivity contribution >= 4 is 30.1 Å². The van der Waals surface area contributed by atoms with Gasteiger partial charge in [0.2, 0.25) is 0 Å². The van der Waals surface area contributed by atoms with E-state index in [1.54, 1.807) is 18.2 Å². The van der Waals surface area contributed by atoms with E-state index < -0.39 is 23.2 Å². The van der Waals surface area contributed by atoms with Gasteiger partial charge in [-0.2, -0.15) is 30.0 Å². The third kappa shape index (κ3) is 2.86. The van der Waals surface area contributed by atoms with Crippen LogP contribution in [0.4, 0.5) is 5.69 Å². The van der Waals surface area contributed by atoms with Gasteiger partial charge in [-0.25, -0.2) is 0 Å². The van der Waals surface area contributed by atoms with E-state index in [9.17, 15) is 20.4 Å². The Bertz CT molecular complexity index is 985. The number of hydrogen-bond acceptors (Lipinski definition) is 7. The molecule has 0 amide bonds. The maximum atomic E-state index is 11.6. The minimum Gasteiger partial charge on any atom is -0.348 e. The number of rotatable bonds is 3. The first kappa shape index (κ1) is 23.1. The Kier molecular flexibility index (Phi) is 5.53. The van der Waals surface area contributed by atoms with Gasteiger partial charge in [-0.3, -0.25) is 4.90 Å². The van der Waals surface area contributed by atoms with Crippen LogP contribution >= 0.6 is 24.4 Å². The van der Waals surface area contributed by atoms with Crippen molar-refractivity contribution in [2.75, 3.05) is 11.2 Å². The second-order valence-electron chi connectivity index (χ2n) is 8.80. The summed E-state index contributed by atoms with van der Waals surface area (Å²) < 4.78 is 0. The molecule has 0 bridgehead atoms. The molecular formula is C22H24NO4S2Y-. The van der Waals surface area contributed by atoms with E-state index >= 15 is 0 Å². The largest absolute Gasteiger partial charge is 0.348 e. The van der Waals surface area contributed by atoms with Crippen LogP contribution in [0.2, 0.25) is 0 Å². The van der Waals surface area contributed by atoms with E-state index in [4.69, 9.17) is 0 Å². The molecule has 157 valence electrons. The number of anilines is 1. The van der Waals surface area contributed by atoms with Crippen molar-refractivity contribution in [3.63, 3.8) is 0 Å². The predicted octanol–water partition coefficient (Wildman–Crippen LogP) is 2.79. The summed E-state index contributed by atoms with van der Waals surface area (Å²) in [6, 6.07) is 15.3. The Labute approximate surface area is 211 Å². The summed E-state index contributed by atoms with van der Waals surface area (Å²) in [6.45, 7) is 1.84. The van der Waals surface area contributed by atoms with Crippen molar-refractivity contribution in [3.05, 3.63) is 54.1 Å². The molecule has 2 aromatic rings. The average molecular weight is 519 g/mol. The summed E-state index contributed by atoms with van der Waals surface area (Å²) in [5.74, 6) is -5.67. The molecule has 8 heteroatoms. The van der Waals surface area contributed by atoms with Crippen LogP contribution in [0.15, 0.2) is 52.3 Å². The number of nitrogens with zero attached hydrogens (tertiary/aromatic N) is 1. The van der Waals surface area contributed by atoms with Crippen LogP contribution in [-0.2, 0) is 32.7 Å². The van der Waals surface area contributed by atoms with E-state index in [1.165, 1.54) is 11.8 Å². The van der Waals surface area contributed by atoms with Crippen LogP contribution < -0.4 is 4.90 Å². The molecule has 1 saturated heterocycles. The van der Waals surface area contributed by atoms with Gasteiger partial charge >= 0.3 is 0 Å². The molecule has 5 rings (SSSR count). The van der Waals surface area contributed by atoms with Gasteiger partial charge < -0.3 is 20.4 Å². The van der Waals surface area contributed by atoms with Gasteiger partial charge in [0.15, 0.2) is 0 Å². The molecule has 1 heterocycles. The van der Waals surface area contributed by atoms with E-state index in [2.05, 4.69) is 18.7 Å². The minimum absolute atomic E-state index is 0. The van der Waals surface area contributed by atoms with Crippen molar-refractivity contribution in [1.82, 2.24) is 0 Å². The third-order valence-corrected chi connectivity index (χ3v) is 8.56. The smallest absolute Gasteiger partial charge is 0.256 e. The van der Waals surface area contributed by atoms with E-state index in [0.717, 1.165) is 21.8 Å². The number of aliphatic hydroxyl groups is 4. The number of benzene rings is 2. The number of thioether (sulfide) groups is 1. The quantitative estimate of drug-likeness (QED) is 0.186. The van der Waals surface area contributed by atoms with Gasteiger partial charge in [0.05, 0.1) is 5.92 Å². The molecule has 3 aliphatic rings. The molecule has 5 nitrogen and oxygen atoms in total. The summed E-state index contributed by atoms with van der Waals surface area (Å²) in [7, 11) is 0. The first-order chi connectivity index (χ1) is 13.6. The first-order valence-corrected chi connectivity index (χ1v) is 11.3. The monoisotopic (exact) mass is 519 g/mol. The van der Waals surface area contributed by atoms with E-state index in [1.807, 2.05) is 37.4 Å². The standard InChI is InChI=1S/C22H24NO4S2.Y/c1-19-12-20(19)11-15(20)18(13-7-9-14(28)10-8-13)21(24,25)23(22(19,26)27)16-5-3-4-6-17(16)29-2;/h3,5-10,15,18,24-28H,11-12H2,1-2H3;/q-1;. The Morgan fingerprint density at radius 2 is 1.80 bits per heavy atom. The zero-order valence-electron chi connectivity index (χ0n) is 16.8. The van der Waals surface area contributed by atoms with Gasteiger partial charge in [-0.1, -0.05) is 29.6 Å². The number of hydrogen-bond donors (Lipinski definition) is 5. The zero-order valence-corrected chi connectivity index (χ0v) is 21.3. The molecule has 4 N–H and O–H groups in total. The Balaban J connectivity index is 0.00000218. The zero-order chi connectivity index (χ0) is 20.8. The molecule has 0 aromatic heterocycles. The Morgan fingerprint density at radius 1 is 1.13 bits per heavy atom. The van der Waals surface area contributed by atoms with E-state index in [0.29, 0.717) is 17.0 Å². The molecule has 30 heavy (non-hydrogen) atoms. The topological polar surface area (TPSA) is 84.2 Å². The normalized spacial score (nSPS) is 34.8. The molecule has 1 spiro atoms. The summed E-state index contributed by atoms with van der Waals surface area (Å²) in [5, 5.41) is 46.0. The molecule has 1 aliphatic heterocycles. The van der Waals surface area contributed by atoms with Crippen molar-refractivity contribution in [2.24, 2.45) is 16.7 Å². The second-order valence-corrected chi connectivity index (χ2v) is 10.2. The summed E-state index contributed by atoms with van der Waals surface area (Å²) >= 11 is 5.73. The fraction of sp³-hybridized carbons (Fsp3) is 0.455. The van der Waals surface area contributed by atoms with Crippen LogP contribution in [0.1, 0.15) is 31.2 Å². The van der Waals surface area contributed by atoms with Crippen LogP contribution in [0, 0.1) is 22.8 Å². The van der Waals surface area contributed by atoms with Crippen LogP contribution in [0.5, 0.6) is 0 Å². The third-order valence-electron chi connectivity index (χ3n) is 7.49. The number of thiol groups is 1. The second kappa shape index (κ2) is 7.19. The first-order valence-electron chi connectivity index (χ1n) is 9.63. The van der Waals surface area contributed by atoms with Gasteiger partial charge in [0.1, 0.15) is 0 Å². The molecule has 3 fully saturated rings. The van der Waals surface area contributed by atoms with Gasteiger partial charge in [0, 0.05) is 43.0 Å². The molecule has 4 unspecified atom stereocenters. The molecule has 4 atom stereocenters. The van der Waals surface area contributed by atoms with Crippen LogP contribution in [0.25, 0.3) is 0 Å². The molecule has 2 aromatic carbocycles. The maximum Gasteiger partial charge on any atom is 0.256 e. The Hall–Kier alpha value is -0.116. The van der Waals surface area contributed by atoms with E-state index in [-0.39, 0.29) is 44.0 Å². The van der Waals surface area contributed by atoms with Crippen molar-refractivity contribution < 1.29 is 53.1 Å². The van der Waals surface area contributed by atoms with Crippen molar-refractivity contribution in [1.29, 1.82) is 0 Å². The molecule has 1 radical (unpaired) electrons. The average Bonchev–Trinajstić information content (AvgIpc) is 3.53. The van der Waals surface area contributed by atoms with Crippen molar-refractivity contribution in [2.45, 2.75) is 47.3 Å². The predicted molar refractivity (Wildman–Crippen MR) is 114 cm³/mol. The SMILES string of the molecule is CSc1c[c-]ccc1N1C(O)(O)C(c2ccc(S)cc2)C2CC23CC3(C)C1(O)O.[Y]. The minimum atomic E-state index is -2.50. The Morgan fingerprint density at radius 3 is 2.43 bits per heavy atom. The van der Waals surface area contributed by atoms with Crippen LogP contribution in [0.3, 0.4) is 0 Å². The molecule has 2 aliphatic carbocycles. The molecule has 2 saturated carbocycles. The van der Waals surface area contributed by atoms with Gasteiger partial charge in [0.25, 0.3) is 11.8 Å². The maximum absolute atomic E-state index is 11.6. The van der Waals surface area contributed by atoms with Crippen LogP contribution in [-0.4, -0.2) is 38.5 Å². The fourth-order valence-corrected chi connectivity index (χ4v) is 6.47. The van der Waals surface area contributed by atoms with Gasteiger partial charge in [-0.05, 0) is 48.1 Å². The summed E-state index contributed by atoms with van der Waals surface area (Å²) in [5.41, 5.74) is -0.0342. The fourth-order valence-electron chi connectivity index (χ4n) is 5.77. The van der Waals surface area contributed by atoms with Gasteiger partial charge in [-0.15, -0.1) is 18.7 Å². The summed E-state index contributed by atoms with van der Waals surface area (Å²) in [4.78, 5) is 2.48.